The molecule has 4 aliphatic rings. The van der Waals surface area contributed by atoms with Crippen LogP contribution in [0.15, 0.2) is 102 Å². The maximum Gasteiger partial charge on any atom is 0.350 e. The fourth-order valence-electron chi connectivity index (χ4n) is 10.5. The SMILES string of the molecule is CC(=O)OC1C(=O)C2(C)C(O)CC3OCC3(OC(C)=O)C2C(OC(=O)c2ccccc2)C2(O)CC(OC(=O)C(OC(C)=O)C(NC(=O)c3ccccc3)c3ccccc3)C(C)=C1C2(C)C. The van der Waals surface area contributed by atoms with Crippen LogP contribution >= 0.6 is 0 Å². The number of fused-ring (bicyclic) bond motifs is 5. The Morgan fingerprint density at radius 1 is 0.785 bits per heavy atom. The number of nitrogens with one attached hydrogen (secondary N) is 1. The highest BCUT2D eigenvalue weighted by atomic mass is 16.6. The number of carbonyl (C=O) groups excluding carboxylic acids is 7. The maximum absolute atomic E-state index is 15.6. The molecule has 1 amide bonds. The lowest BCUT2D eigenvalue weighted by molar-refractivity contribution is -0.346. The van der Waals surface area contributed by atoms with Crippen LogP contribution < -0.4 is 5.32 Å². The van der Waals surface area contributed by atoms with E-state index < -0.39 is 119 Å². The fourth-order valence-corrected chi connectivity index (χ4v) is 10.5. The topological polar surface area (TPSA) is 227 Å². The average Bonchev–Trinajstić information content (AvgIpc) is 3.26. The zero-order chi connectivity index (χ0) is 47.2. The number of hydrogen-bond acceptors (Lipinski definition) is 15. The Morgan fingerprint density at radius 3 is 1.91 bits per heavy atom. The third-order valence-corrected chi connectivity index (χ3v) is 13.8. The largest absolute Gasteiger partial charge is 0.455 e. The second kappa shape index (κ2) is 17.6. The molecule has 3 aromatic rings. The first-order valence-electron chi connectivity index (χ1n) is 21.4. The van der Waals surface area contributed by atoms with Gasteiger partial charge in [0.15, 0.2) is 17.5 Å². The number of rotatable bonds is 11. The van der Waals surface area contributed by atoms with Crippen molar-refractivity contribution in [2.75, 3.05) is 6.61 Å². The zero-order valence-electron chi connectivity index (χ0n) is 37.1. The minimum Gasteiger partial charge on any atom is -0.455 e. The smallest absolute Gasteiger partial charge is 0.350 e. The molecule has 0 radical (unpaired) electrons. The molecule has 2 saturated carbocycles. The van der Waals surface area contributed by atoms with E-state index in [4.69, 9.17) is 28.4 Å². The molecular formula is C49H53NO15. The van der Waals surface area contributed by atoms with Crippen molar-refractivity contribution >= 4 is 41.5 Å². The summed E-state index contributed by atoms with van der Waals surface area (Å²) < 4.78 is 36.2. The Morgan fingerprint density at radius 2 is 1.37 bits per heavy atom. The van der Waals surface area contributed by atoms with Crippen LogP contribution in [0.3, 0.4) is 0 Å². The van der Waals surface area contributed by atoms with Crippen molar-refractivity contribution in [1.82, 2.24) is 5.32 Å². The lowest BCUT2D eigenvalue weighted by Gasteiger charge is -2.67. The van der Waals surface area contributed by atoms with Gasteiger partial charge in [0, 0.05) is 44.6 Å². The highest BCUT2D eigenvalue weighted by molar-refractivity contribution is 5.96. The molecule has 3 aliphatic carbocycles. The van der Waals surface area contributed by atoms with Gasteiger partial charge in [-0.2, -0.15) is 0 Å². The molecule has 1 aliphatic heterocycles. The molecule has 11 atom stereocenters. The van der Waals surface area contributed by atoms with Gasteiger partial charge in [-0.05, 0) is 54.8 Å². The summed E-state index contributed by atoms with van der Waals surface area (Å²) in [5.41, 5.74) is -7.20. The molecule has 1 heterocycles. The van der Waals surface area contributed by atoms with Gasteiger partial charge in [0.1, 0.15) is 30.0 Å². The van der Waals surface area contributed by atoms with Crippen LogP contribution in [-0.4, -0.2) is 106 Å². The molecule has 2 bridgehead atoms. The average molecular weight is 896 g/mol. The summed E-state index contributed by atoms with van der Waals surface area (Å²) in [7, 11) is 0. The second-order valence-corrected chi connectivity index (χ2v) is 17.9. The third kappa shape index (κ3) is 8.12. The van der Waals surface area contributed by atoms with Gasteiger partial charge >= 0.3 is 29.8 Å². The van der Waals surface area contributed by atoms with Crippen LogP contribution in [0.25, 0.3) is 0 Å². The minimum absolute atomic E-state index is 0.0218. The number of hydrogen-bond donors (Lipinski definition) is 3. The summed E-state index contributed by atoms with van der Waals surface area (Å²) in [6.07, 6.45) is -10.5. The fraction of sp³-hybridized carbons (Fsp3) is 0.449. The number of benzene rings is 3. The highest BCUT2D eigenvalue weighted by Crippen LogP contribution is 2.64. The van der Waals surface area contributed by atoms with Gasteiger partial charge in [0.25, 0.3) is 5.91 Å². The summed E-state index contributed by atoms with van der Waals surface area (Å²) >= 11 is 0. The van der Waals surface area contributed by atoms with Gasteiger partial charge in [0.05, 0.1) is 29.6 Å². The van der Waals surface area contributed by atoms with Gasteiger partial charge in [-0.1, -0.05) is 80.6 Å². The van der Waals surface area contributed by atoms with Crippen LogP contribution in [0, 0.1) is 16.7 Å². The van der Waals surface area contributed by atoms with E-state index in [1.807, 2.05) is 0 Å². The quantitative estimate of drug-likeness (QED) is 0.139. The van der Waals surface area contributed by atoms with Crippen LogP contribution in [-0.2, 0) is 52.4 Å². The predicted octanol–water partition coefficient (Wildman–Crippen LogP) is 4.31. The number of ether oxygens (including phenoxy) is 6. The highest BCUT2D eigenvalue weighted by Gasteiger charge is 2.78. The van der Waals surface area contributed by atoms with Gasteiger partial charge in [-0.3, -0.25) is 24.0 Å². The Kier molecular flexibility index (Phi) is 12.7. The molecular weight excluding hydrogens is 843 g/mol. The molecule has 0 spiro atoms. The van der Waals surface area contributed by atoms with Crippen molar-refractivity contribution in [3.8, 4) is 0 Å². The molecule has 3 N–H and O–H groups in total. The Bertz CT molecular complexity index is 2400. The van der Waals surface area contributed by atoms with Crippen molar-refractivity contribution < 1.29 is 72.2 Å². The van der Waals surface area contributed by atoms with Crippen molar-refractivity contribution in [3.63, 3.8) is 0 Å². The van der Waals surface area contributed by atoms with E-state index in [0.29, 0.717) is 5.56 Å². The number of Topliss-reactive ketones (excluding diaryl/α,β-unsaturated/α-hetero) is 1. The van der Waals surface area contributed by atoms with Crippen molar-refractivity contribution in [3.05, 3.63) is 119 Å². The first-order chi connectivity index (χ1) is 30.7. The number of ketones is 1. The number of esters is 5. The van der Waals surface area contributed by atoms with Crippen LogP contribution in [0.2, 0.25) is 0 Å². The third-order valence-electron chi connectivity index (χ3n) is 13.8. The van der Waals surface area contributed by atoms with Crippen molar-refractivity contribution in [1.29, 1.82) is 0 Å². The molecule has 7 rings (SSSR count). The van der Waals surface area contributed by atoms with E-state index in [-0.39, 0.29) is 35.3 Å². The van der Waals surface area contributed by atoms with Gasteiger partial charge < -0.3 is 44.0 Å². The molecule has 16 nitrogen and oxygen atoms in total. The standard InChI is InChI=1S/C49H53NO15/c1-26-33(63-45(58)39(62-28(3)52)37(30-17-11-8-12-18-30)50-43(56)31-19-13-9-14-20-31)24-49(59)42(64-44(57)32-21-15-10-16-22-32)40-47(7,34(54)23-35-48(40,25-60-35)65-29(4)53)41(55)38(61-27(2)51)36(26)46(49,5)6/h8-22,33-35,37-40,42,54,59H,23-25H2,1-7H3,(H,50,56). The Balaban J connectivity index is 1.42. The predicted molar refractivity (Wildman–Crippen MR) is 227 cm³/mol. The number of aliphatic hydroxyl groups excluding tert-OH is 1. The maximum atomic E-state index is 15.6. The van der Waals surface area contributed by atoms with Crippen LogP contribution in [0.5, 0.6) is 0 Å². The molecule has 65 heavy (non-hydrogen) atoms. The van der Waals surface area contributed by atoms with Gasteiger partial charge in [-0.15, -0.1) is 0 Å². The second-order valence-electron chi connectivity index (χ2n) is 17.9. The number of amides is 1. The van der Waals surface area contributed by atoms with Crippen molar-refractivity contribution in [2.24, 2.45) is 16.7 Å². The van der Waals surface area contributed by atoms with E-state index in [1.54, 1.807) is 92.7 Å². The molecule has 344 valence electrons. The van der Waals surface area contributed by atoms with Crippen LogP contribution in [0.1, 0.15) is 93.6 Å². The van der Waals surface area contributed by atoms with Gasteiger partial charge in [0.2, 0.25) is 6.10 Å². The summed E-state index contributed by atoms with van der Waals surface area (Å²) in [6.45, 7) is 8.99. The molecule has 11 unspecified atom stereocenters. The lowest BCUT2D eigenvalue weighted by atomic mass is 9.44. The van der Waals surface area contributed by atoms with E-state index in [9.17, 15) is 39.0 Å². The summed E-state index contributed by atoms with van der Waals surface area (Å²) in [5, 5.41) is 28.7. The molecule has 3 fully saturated rings. The van der Waals surface area contributed by atoms with Gasteiger partial charge in [-0.25, -0.2) is 9.59 Å². The minimum atomic E-state index is -2.43. The lowest BCUT2D eigenvalue weighted by Crippen LogP contribution is -2.82. The van der Waals surface area contributed by atoms with Crippen LogP contribution in [0.4, 0.5) is 0 Å². The molecule has 16 heteroatoms. The molecule has 0 aromatic heterocycles. The zero-order valence-corrected chi connectivity index (χ0v) is 37.1. The van der Waals surface area contributed by atoms with Crippen molar-refractivity contribution in [2.45, 2.75) is 115 Å². The normalized spacial score (nSPS) is 30.8. The first kappa shape index (κ1) is 46.8. The summed E-state index contributed by atoms with van der Waals surface area (Å²) in [5.74, 6) is -7.79. The van der Waals surface area contributed by atoms with E-state index in [2.05, 4.69) is 5.32 Å². The van der Waals surface area contributed by atoms with E-state index >= 15 is 4.79 Å². The monoisotopic (exact) mass is 895 g/mol. The van der Waals surface area contributed by atoms with E-state index in [0.717, 1.165) is 20.8 Å². The molecule has 3 aromatic carbocycles. The summed E-state index contributed by atoms with van der Waals surface area (Å²) in [4.78, 5) is 97.4. The molecule has 1 saturated heterocycles. The Hall–Kier alpha value is -6.23. The first-order valence-corrected chi connectivity index (χ1v) is 21.4. The summed E-state index contributed by atoms with van der Waals surface area (Å²) in [6, 6.07) is 22.9. The number of carbonyl (C=O) groups is 7. The van der Waals surface area contributed by atoms with E-state index in [1.165, 1.54) is 26.0 Å². The number of aliphatic hydroxyl groups is 2. The Labute approximate surface area is 375 Å².